The average molecular weight is 355 g/mol. The number of carbonyl (C=O) groups excluding carboxylic acids is 1. The largest absolute Gasteiger partial charge is 0.478 e. The van der Waals surface area contributed by atoms with Crippen molar-refractivity contribution in [2.45, 2.75) is 44.1 Å². The first kappa shape index (κ1) is 16.0. The van der Waals surface area contributed by atoms with E-state index >= 15 is 0 Å². The fourth-order valence-electron chi connectivity index (χ4n) is 2.72. The van der Waals surface area contributed by atoms with Crippen molar-refractivity contribution < 1.29 is 14.7 Å². The van der Waals surface area contributed by atoms with Crippen LogP contribution in [0.5, 0.6) is 0 Å². The van der Waals surface area contributed by atoms with Crippen molar-refractivity contribution >= 4 is 33.5 Å². The molecule has 5 nitrogen and oxygen atoms in total. The number of carbonyl (C=O) groups is 2. The van der Waals surface area contributed by atoms with E-state index in [1.807, 2.05) is 0 Å². The number of hydrogen-bond acceptors (Lipinski definition) is 3. The van der Waals surface area contributed by atoms with E-state index in [0.717, 1.165) is 25.7 Å². The molecule has 0 heterocycles. The van der Waals surface area contributed by atoms with Crippen molar-refractivity contribution in [3.63, 3.8) is 0 Å². The van der Waals surface area contributed by atoms with Crippen LogP contribution in [0.2, 0.25) is 0 Å². The fraction of sp³-hybridized carbons (Fsp3) is 0.467. The number of carboxylic acid groups (broad SMARTS) is 1. The Hall–Kier alpha value is -1.40. The Morgan fingerprint density at radius 1 is 1.29 bits per heavy atom. The van der Waals surface area contributed by atoms with E-state index in [-0.39, 0.29) is 17.9 Å². The van der Waals surface area contributed by atoms with Crippen LogP contribution in [-0.2, 0) is 4.79 Å². The summed E-state index contributed by atoms with van der Waals surface area (Å²) in [4.78, 5) is 23.2. The van der Waals surface area contributed by atoms with Crippen LogP contribution >= 0.6 is 15.9 Å². The van der Waals surface area contributed by atoms with Crippen LogP contribution in [0.25, 0.3) is 0 Å². The molecule has 0 aliphatic heterocycles. The van der Waals surface area contributed by atoms with Gasteiger partial charge in [-0.15, -0.1) is 0 Å². The van der Waals surface area contributed by atoms with Gasteiger partial charge in [-0.2, -0.15) is 0 Å². The topological polar surface area (TPSA) is 92.4 Å². The number of benzene rings is 1. The average Bonchev–Trinajstić information content (AvgIpc) is 2.40. The van der Waals surface area contributed by atoms with Crippen molar-refractivity contribution in [1.82, 2.24) is 0 Å². The summed E-state index contributed by atoms with van der Waals surface area (Å²) in [7, 11) is 0. The molecule has 6 heteroatoms. The maximum atomic E-state index is 12.1. The summed E-state index contributed by atoms with van der Waals surface area (Å²) in [5, 5.41) is 11.8. The number of nitrogens with one attached hydrogen (secondary N) is 1. The van der Waals surface area contributed by atoms with E-state index < -0.39 is 11.5 Å². The highest BCUT2D eigenvalue weighted by atomic mass is 79.9. The molecular formula is C15H19BrN2O3. The molecule has 1 aliphatic rings. The van der Waals surface area contributed by atoms with Crippen molar-refractivity contribution in [2.75, 3.05) is 5.32 Å². The summed E-state index contributed by atoms with van der Waals surface area (Å²) in [6.07, 6.45) is 5.29. The van der Waals surface area contributed by atoms with E-state index in [1.54, 1.807) is 12.1 Å². The van der Waals surface area contributed by atoms with E-state index in [9.17, 15) is 9.59 Å². The number of hydrogen-bond donors (Lipinski definition) is 3. The molecule has 0 atom stereocenters. The fourth-order valence-corrected chi connectivity index (χ4v) is 3.14. The van der Waals surface area contributed by atoms with Gasteiger partial charge in [-0.05, 0) is 47.0 Å². The quantitative estimate of drug-likeness (QED) is 0.774. The van der Waals surface area contributed by atoms with Gasteiger partial charge < -0.3 is 16.2 Å². The lowest BCUT2D eigenvalue weighted by Crippen LogP contribution is -2.44. The highest BCUT2D eigenvalue weighted by Crippen LogP contribution is 2.29. The van der Waals surface area contributed by atoms with Crippen LogP contribution < -0.4 is 11.1 Å². The minimum Gasteiger partial charge on any atom is -0.478 e. The Morgan fingerprint density at radius 2 is 1.95 bits per heavy atom. The molecular weight excluding hydrogens is 336 g/mol. The molecule has 1 aromatic carbocycles. The second-order valence-electron chi connectivity index (χ2n) is 5.65. The van der Waals surface area contributed by atoms with Gasteiger partial charge in [-0.1, -0.05) is 19.3 Å². The van der Waals surface area contributed by atoms with Gasteiger partial charge in [0.05, 0.1) is 5.56 Å². The molecule has 1 saturated carbocycles. The van der Waals surface area contributed by atoms with E-state index in [2.05, 4.69) is 21.2 Å². The standard InChI is InChI=1S/C15H19BrN2O3/c16-12-5-4-10(8-11(12)14(20)21)18-13(19)9-15(17)6-2-1-3-7-15/h4-5,8H,1-3,6-7,9,17H2,(H,18,19)(H,20,21). The minimum atomic E-state index is -1.04. The number of anilines is 1. The number of halogens is 1. The summed E-state index contributed by atoms with van der Waals surface area (Å²) in [5.74, 6) is -1.21. The third-order valence-corrected chi connectivity index (χ3v) is 4.53. The molecule has 0 saturated heterocycles. The van der Waals surface area contributed by atoms with E-state index in [1.165, 1.54) is 12.5 Å². The molecule has 4 N–H and O–H groups in total. The Balaban J connectivity index is 2.02. The number of rotatable bonds is 4. The van der Waals surface area contributed by atoms with Crippen molar-refractivity contribution in [3.05, 3.63) is 28.2 Å². The molecule has 1 aromatic rings. The zero-order chi connectivity index (χ0) is 15.5. The molecule has 0 bridgehead atoms. The molecule has 114 valence electrons. The SMILES string of the molecule is NC1(CC(=O)Nc2ccc(Br)c(C(=O)O)c2)CCCCC1. The molecule has 1 aliphatic carbocycles. The number of carboxylic acids is 1. The van der Waals surface area contributed by atoms with Crippen LogP contribution in [0.1, 0.15) is 48.9 Å². The predicted molar refractivity (Wildman–Crippen MR) is 84.4 cm³/mol. The molecule has 1 amide bonds. The molecule has 2 rings (SSSR count). The first-order valence-electron chi connectivity index (χ1n) is 7.01. The molecule has 0 unspecified atom stereocenters. The summed E-state index contributed by atoms with van der Waals surface area (Å²) in [6, 6.07) is 4.71. The third-order valence-electron chi connectivity index (χ3n) is 3.84. The number of nitrogens with two attached hydrogens (primary N) is 1. The van der Waals surface area contributed by atoms with Gasteiger partial charge in [0.15, 0.2) is 0 Å². The second kappa shape index (κ2) is 6.58. The van der Waals surface area contributed by atoms with Gasteiger partial charge in [0, 0.05) is 22.1 Å². The zero-order valence-corrected chi connectivity index (χ0v) is 13.3. The lowest BCUT2D eigenvalue weighted by Gasteiger charge is -2.32. The summed E-state index contributed by atoms with van der Waals surface area (Å²) in [5.41, 5.74) is 6.42. The Morgan fingerprint density at radius 3 is 2.57 bits per heavy atom. The number of amides is 1. The third kappa shape index (κ3) is 4.28. The summed E-state index contributed by atoms with van der Waals surface area (Å²) < 4.78 is 0.482. The molecule has 0 radical (unpaired) electrons. The van der Waals surface area contributed by atoms with Crippen molar-refractivity contribution in [1.29, 1.82) is 0 Å². The lowest BCUT2D eigenvalue weighted by atomic mass is 9.80. The van der Waals surface area contributed by atoms with Gasteiger partial charge in [-0.3, -0.25) is 4.79 Å². The van der Waals surface area contributed by atoms with Crippen LogP contribution in [-0.4, -0.2) is 22.5 Å². The second-order valence-corrected chi connectivity index (χ2v) is 6.50. The van der Waals surface area contributed by atoms with Gasteiger partial charge in [-0.25, -0.2) is 4.79 Å². The lowest BCUT2D eigenvalue weighted by molar-refractivity contribution is -0.117. The smallest absolute Gasteiger partial charge is 0.336 e. The first-order chi connectivity index (χ1) is 9.89. The van der Waals surface area contributed by atoms with E-state index in [0.29, 0.717) is 10.2 Å². The van der Waals surface area contributed by atoms with Gasteiger partial charge in [0.25, 0.3) is 0 Å². The van der Waals surface area contributed by atoms with Crippen molar-refractivity contribution in [3.8, 4) is 0 Å². The summed E-state index contributed by atoms with van der Waals surface area (Å²) >= 11 is 3.17. The highest BCUT2D eigenvalue weighted by Gasteiger charge is 2.30. The first-order valence-corrected chi connectivity index (χ1v) is 7.80. The Bertz CT molecular complexity index is 554. The predicted octanol–water partition coefficient (Wildman–Crippen LogP) is 3.14. The van der Waals surface area contributed by atoms with Crippen LogP contribution in [0, 0.1) is 0 Å². The molecule has 21 heavy (non-hydrogen) atoms. The molecule has 0 spiro atoms. The summed E-state index contributed by atoms with van der Waals surface area (Å²) in [6.45, 7) is 0. The zero-order valence-electron chi connectivity index (χ0n) is 11.7. The maximum absolute atomic E-state index is 12.1. The monoisotopic (exact) mass is 354 g/mol. The molecule has 0 aromatic heterocycles. The number of aromatic carboxylic acids is 1. The van der Waals surface area contributed by atoms with Gasteiger partial charge in [0.1, 0.15) is 0 Å². The highest BCUT2D eigenvalue weighted by molar-refractivity contribution is 9.10. The van der Waals surface area contributed by atoms with Crippen LogP contribution in [0.15, 0.2) is 22.7 Å². The van der Waals surface area contributed by atoms with E-state index in [4.69, 9.17) is 10.8 Å². The molecule has 1 fully saturated rings. The minimum absolute atomic E-state index is 0.118. The van der Waals surface area contributed by atoms with Crippen LogP contribution in [0.3, 0.4) is 0 Å². The van der Waals surface area contributed by atoms with Crippen molar-refractivity contribution in [2.24, 2.45) is 5.73 Å². The van der Waals surface area contributed by atoms with Gasteiger partial charge >= 0.3 is 5.97 Å². The van der Waals surface area contributed by atoms with Crippen LogP contribution in [0.4, 0.5) is 5.69 Å². The normalized spacial score (nSPS) is 17.2. The Kier molecular flexibility index (Phi) is 5.00. The maximum Gasteiger partial charge on any atom is 0.336 e. The van der Waals surface area contributed by atoms with Gasteiger partial charge in [0.2, 0.25) is 5.91 Å². The Labute approximate surface area is 132 Å².